The zero-order valence-electron chi connectivity index (χ0n) is 13.3. The summed E-state index contributed by atoms with van der Waals surface area (Å²) in [6, 6.07) is 0.675. The molecule has 0 aliphatic carbocycles. The van der Waals surface area contributed by atoms with E-state index in [0.717, 1.165) is 12.8 Å². The van der Waals surface area contributed by atoms with E-state index in [1.54, 1.807) is 4.90 Å². The fraction of sp³-hybridized carbons (Fsp3) is 0.846. The lowest BCUT2D eigenvalue weighted by molar-refractivity contribution is -0.118. The molecule has 0 aliphatic heterocycles. The van der Waals surface area contributed by atoms with Crippen molar-refractivity contribution in [1.82, 2.24) is 10.2 Å². The first-order valence-corrected chi connectivity index (χ1v) is 9.39. The van der Waals surface area contributed by atoms with Crippen molar-refractivity contribution in [2.24, 2.45) is 0 Å². The van der Waals surface area contributed by atoms with Crippen molar-refractivity contribution < 1.29 is 22.9 Å². The molecule has 0 spiro atoms. The van der Waals surface area contributed by atoms with Crippen LogP contribution in [0.1, 0.15) is 27.2 Å². The first kappa shape index (κ1) is 20.0. The van der Waals surface area contributed by atoms with Crippen LogP contribution in [0.5, 0.6) is 0 Å². The Labute approximate surface area is 128 Å². The van der Waals surface area contributed by atoms with Gasteiger partial charge in [0.1, 0.15) is 0 Å². The molecule has 0 fully saturated rings. The van der Waals surface area contributed by atoms with Gasteiger partial charge in [-0.15, -0.1) is 0 Å². The topological polar surface area (TPSA) is 77.1 Å². The van der Waals surface area contributed by atoms with Crippen LogP contribution < -0.4 is 5.32 Å². The van der Waals surface area contributed by atoms with Crippen LogP contribution in [0.15, 0.2) is 0 Å². The SMILES string of the molecule is CCO[Si](CCCN(C=O)CCNC=O)(OCC)OCC. The Hall–Kier alpha value is -0.963. The Bertz CT molecular complexity index is 264. The maximum absolute atomic E-state index is 11.0. The predicted molar refractivity (Wildman–Crippen MR) is 81.8 cm³/mol. The molecule has 0 aromatic rings. The fourth-order valence-electron chi connectivity index (χ4n) is 1.98. The minimum atomic E-state index is -2.63. The van der Waals surface area contributed by atoms with E-state index in [9.17, 15) is 9.59 Å². The molecule has 0 aromatic heterocycles. The minimum Gasteiger partial charge on any atom is -0.374 e. The van der Waals surface area contributed by atoms with Crippen LogP contribution in [0.3, 0.4) is 0 Å². The molecule has 8 heteroatoms. The zero-order valence-corrected chi connectivity index (χ0v) is 14.3. The van der Waals surface area contributed by atoms with Crippen LogP contribution in [0, 0.1) is 0 Å². The Balaban J connectivity index is 4.30. The van der Waals surface area contributed by atoms with Crippen molar-refractivity contribution in [2.75, 3.05) is 39.5 Å². The number of nitrogens with one attached hydrogen (secondary N) is 1. The molecule has 0 rings (SSSR count). The lowest BCUT2D eigenvalue weighted by Crippen LogP contribution is -2.46. The van der Waals surface area contributed by atoms with Crippen molar-refractivity contribution >= 4 is 21.6 Å². The summed E-state index contributed by atoms with van der Waals surface area (Å²) in [7, 11) is -2.63. The van der Waals surface area contributed by atoms with Crippen molar-refractivity contribution in [2.45, 2.75) is 33.2 Å². The molecular formula is C13H28N2O5Si. The highest BCUT2D eigenvalue weighted by Gasteiger charge is 2.39. The summed E-state index contributed by atoms with van der Waals surface area (Å²) in [5.41, 5.74) is 0. The second-order valence-corrected chi connectivity index (χ2v) is 7.03. The van der Waals surface area contributed by atoms with Crippen molar-refractivity contribution in [3.8, 4) is 0 Å². The molecule has 0 aliphatic rings. The number of amides is 2. The largest absolute Gasteiger partial charge is 0.500 e. The van der Waals surface area contributed by atoms with Crippen LogP contribution in [0.4, 0.5) is 0 Å². The van der Waals surface area contributed by atoms with E-state index < -0.39 is 8.80 Å². The van der Waals surface area contributed by atoms with Gasteiger partial charge in [-0.25, -0.2) is 0 Å². The lowest BCUT2D eigenvalue weighted by atomic mass is 10.4. The van der Waals surface area contributed by atoms with Gasteiger partial charge in [-0.05, 0) is 27.2 Å². The summed E-state index contributed by atoms with van der Waals surface area (Å²) >= 11 is 0. The molecule has 0 atom stereocenters. The first-order chi connectivity index (χ1) is 10.2. The van der Waals surface area contributed by atoms with Gasteiger partial charge in [0.2, 0.25) is 12.8 Å². The Morgan fingerprint density at radius 1 is 1.00 bits per heavy atom. The highest BCUT2D eigenvalue weighted by atomic mass is 28.4. The predicted octanol–water partition coefficient (Wildman–Crippen LogP) is 0.629. The molecule has 0 radical (unpaired) electrons. The summed E-state index contributed by atoms with van der Waals surface area (Å²) < 4.78 is 17.3. The maximum Gasteiger partial charge on any atom is 0.500 e. The van der Waals surface area contributed by atoms with Gasteiger partial charge in [0, 0.05) is 45.5 Å². The molecule has 124 valence electrons. The number of nitrogens with zero attached hydrogens (tertiary/aromatic N) is 1. The number of carbonyl (C=O) groups excluding carboxylic acids is 2. The van der Waals surface area contributed by atoms with E-state index in [-0.39, 0.29) is 0 Å². The van der Waals surface area contributed by atoms with E-state index in [2.05, 4.69) is 5.32 Å². The van der Waals surface area contributed by atoms with Gasteiger partial charge in [-0.1, -0.05) is 0 Å². The van der Waals surface area contributed by atoms with Crippen molar-refractivity contribution in [1.29, 1.82) is 0 Å². The maximum atomic E-state index is 11.0. The van der Waals surface area contributed by atoms with Gasteiger partial charge < -0.3 is 23.5 Å². The Morgan fingerprint density at radius 3 is 2.00 bits per heavy atom. The third kappa shape index (κ3) is 8.81. The van der Waals surface area contributed by atoms with Crippen LogP contribution in [-0.2, 0) is 22.9 Å². The average Bonchev–Trinajstić information content (AvgIpc) is 2.46. The van der Waals surface area contributed by atoms with Gasteiger partial charge >= 0.3 is 8.80 Å². The highest BCUT2D eigenvalue weighted by Crippen LogP contribution is 2.18. The average molecular weight is 320 g/mol. The van der Waals surface area contributed by atoms with E-state index in [1.807, 2.05) is 20.8 Å². The Kier molecular flexibility index (Phi) is 12.2. The fourth-order valence-corrected chi connectivity index (χ4v) is 4.58. The zero-order chi connectivity index (χ0) is 16.0. The summed E-state index contributed by atoms with van der Waals surface area (Å²) in [4.78, 5) is 22.8. The molecule has 21 heavy (non-hydrogen) atoms. The molecule has 0 bridgehead atoms. The van der Waals surface area contributed by atoms with Gasteiger partial charge in [-0.2, -0.15) is 0 Å². The summed E-state index contributed by atoms with van der Waals surface area (Å²) in [6.07, 6.45) is 2.16. The van der Waals surface area contributed by atoms with E-state index >= 15 is 0 Å². The van der Waals surface area contributed by atoms with Gasteiger partial charge in [-0.3, -0.25) is 9.59 Å². The summed E-state index contributed by atoms with van der Waals surface area (Å²) in [6.45, 7) is 8.94. The molecule has 2 amide bonds. The highest BCUT2D eigenvalue weighted by molar-refractivity contribution is 6.60. The van der Waals surface area contributed by atoms with E-state index in [0.29, 0.717) is 51.9 Å². The van der Waals surface area contributed by atoms with Crippen LogP contribution in [0.25, 0.3) is 0 Å². The smallest absolute Gasteiger partial charge is 0.374 e. The quantitative estimate of drug-likeness (QED) is 0.272. The van der Waals surface area contributed by atoms with Crippen LogP contribution >= 0.6 is 0 Å². The third-order valence-corrected chi connectivity index (χ3v) is 5.95. The summed E-state index contributed by atoms with van der Waals surface area (Å²) in [5.74, 6) is 0. The first-order valence-electron chi connectivity index (χ1n) is 7.46. The summed E-state index contributed by atoms with van der Waals surface area (Å²) in [5, 5.41) is 2.53. The van der Waals surface area contributed by atoms with Gasteiger partial charge in [0.05, 0.1) is 0 Å². The van der Waals surface area contributed by atoms with E-state index in [1.165, 1.54) is 0 Å². The molecule has 0 unspecified atom stereocenters. The molecule has 0 aromatic carbocycles. The van der Waals surface area contributed by atoms with Crippen LogP contribution in [0.2, 0.25) is 6.04 Å². The second kappa shape index (κ2) is 12.8. The van der Waals surface area contributed by atoms with E-state index in [4.69, 9.17) is 13.3 Å². The van der Waals surface area contributed by atoms with Gasteiger partial charge in [0.15, 0.2) is 0 Å². The van der Waals surface area contributed by atoms with Gasteiger partial charge in [0.25, 0.3) is 0 Å². The van der Waals surface area contributed by atoms with Crippen molar-refractivity contribution in [3.05, 3.63) is 0 Å². The molecule has 0 heterocycles. The minimum absolute atomic E-state index is 0.452. The Morgan fingerprint density at radius 2 is 1.57 bits per heavy atom. The monoisotopic (exact) mass is 320 g/mol. The number of carbonyl (C=O) groups is 2. The van der Waals surface area contributed by atoms with Crippen molar-refractivity contribution in [3.63, 3.8) is 0 Å². The lowest BCUT2D eigenvalue weighted by Gasteiger charge is -2.29. The van der Waals surface area contributed by atoms with Crippen LogP contribution in [-0.4, -0.2) is 66.0 Å². The molecule has 1 N–H and O–H groups in total. The molecule has 0 saturated heterocycles. The molecule has 7 nitrogen and oxygen atoms in total. The number of hydrogen-bond acceptors (Lipinski definition) is 5. The third-order valence-electron chi connectivity index (χ3n) is 2.80. The molecule has 0 saturated carbocycles. The normalized spacial score (nSPS) is 11.2. The molecular weight excluding hydrogens is 292 g/mol. The standard InChI is InChI=1S/C13H28N2O5Si/c1-4-18-21(19-5-2,20-6-3)11-7-9-15(13-17)10-8-14-12-16/h12-13H,4-11H2,1-3H3,(H,14,16). The number of hydrogen-bond donors (Lipinski definition) is 1. The number of rotatable bonds is 15. The second-order valence-electron chi connectivity index (χ2n) is 4.30.